The average molecular weight is 375 g/mol. The zero-order valence-corrected chi connectivity index (χ0v) is 15.1. The van der Waals surface area contributed by atoms with E-state index in [4.69, 9.17) is 15.1 Å². The second-order valence-electron chi connectivity index (χ2n) is 5.95. The third kappa shape index (κ3) is 10.5. The molecule has 0 fully saturated rings. The Hall–Kier alpha value is -3.08. The third-order valence-corrected chi connectivity index (χ3v) is 3.74. The van der Waals surface area contributed by atoms with Crippen molar-refractivity contribution in [3.05, 3.63) is 35.9 Å². The van der Waals surface area contributed by atoms with Gasteiger partial charge in [0.1, 0.15) is 12.6 Å². The molecule has 2 amide bonds. The molecule has 0 saturated heterocycles. The van der Waals surface area contributed by atoms with Gasteiger partial charge >= 0.3 is 12.1 Å². The molecule has 0 unspecified atom stereocenters. The SMILES string of the molecule is N#CCC[C@H](NC(=O)CCCCCNC(=O)OCc1ccccc1)C(=O)O. The van der Waals surface area contributed by atoms with Crippen LogP contribution >= 0.6 is 0 Å². The topological polar surface area (TPSA) is 129 Å². The van der Waals surface area contributed by atoms with E-state index in [1.54, 1.807) is 0 Å². The predicted molar refractivity (Wildman–Crippen MR) is 97.5 cm³/mol. The molecular formula is C19H25N3O5. The average Bonchev–Trinajstić information content (AvgIpc) is 2.66. The van der Waals surface area contributed by atoms with Crippen LogP contribution in [0.1, 0.15) is 44.1 Å². The van der Waals surface area contributed by atoms with E-state index < -0.39 is 18.1 Å². The van der Waals surface area contributed by atoms with Gasteiger partial charge in [0, 0.05) is 19.4 Å². The summed E-state index contributed by atoms with van der Waals surface area (Å²) in [5, 5.41) is 22.5. The predicted octanol–water partition coefficient (Wildman–Crippen LogP) is 2.35. The largest absolute Gasteiger partial charge is 0.480 e. The minimum Gasteiger partial charge on any atom is -0.480 e. The molecular weight excluding hydrogens is 350 g/mol. The Balaban J connectivity index is 2.07. The number of nitrogens with zero attached hydrogens (tertiary/aromatic N) is 1. The number of alkyl carbamates (subject to hydrolysis) is 1. The Morgan fingerprint density at radius 1 is 1.15 bits per heavy atom. The zero-order valence-electron chi connectivity index (χ0n) is 15.1. The number of carboxylic acids is 1. The number of benzene rings is 1. The second-order valence-corrected chi connectivity index (χ2v) is 5.95. The molecule has 0 aliphatic carbocycles. The molecule has 8 nitrogen and oxygen atoms in total. The van der Waals surface area contributed by atoms with Crippen LogP contribution < -0.4 is 10.6 Å². The summed E-state index contributed by atoms with van der Waals surface area (Å²) in [6.45, 7) is 0.651. The van der Waals surface area contributed by atoms with Crippen LogP contribution in [0.2, 0.25) is 0 Å². The van der Waals surface area contributed by atoms with Crippen molar-refractivity contribution >= 4 is 18.0 Å². The lowest BCUT2D eigenvalue weighted by molar-refractivity contribution is -0.142. The van der Waals surface area contributed by atoms with Crippen molar-refractivity contribution in [2.45, 2.75) is 51.2 Å². The van der Waals surface area contributed by atoms with E-state index in [2.05, 4.69) is 10.6 Å². The summed E-state index contributed by atoms with van der Waals surface area (Å²) in [4.78, 5) is 34.3. The number of nitrogens with one attached hydrogen (secondary N) is 2. The summed E-state index contributed by atoms with van der Waals surface area (Å²) in [6.07, 6.45) is 1.85. The molecule has 0 heterocycles. The Morgan fingerprint density at radius 3 is 2.56 bits per heavy atom. The summed E-state index contributed by atoms with van der Waals surface area (Å²) in [5.74, 6) is -1.49. The van der Waals surface area contributed by atoms with E-state index in [0.717, 1.165) is 5.56 Å². The lowest BCUT2D eigenvalue weighted by Crippen LogP contribution is -2.40. The van der Waals surface area contributed by atoms with Crippen molar-refractivity contribution < 1.29 is 24.2 Å². The molecule has 1 aromatic carbocycles. The Kier molecular flexibility index (Phi) is 10.7. The zero-order chi connectivity index (χ0) is 19.9. The smallest absolute Gasteiger partial charge is 0.407 e. The number of carbonyl (C=O) groups excluding carboxylic acids is 2. The number of hydrogen-bond donors (Lipinski definition) is 3. The first-order chi connectivity index (χ1) is 13.0. The molecule has 1 rings (SSSR count). The number of hydrogen-bond acceptors (Lipinski definition) is 5. The van der Waals surface area contributed by atoms with Gasteiger partial charge in [-0.3, -0.25) is 4.79 Å². The van der Waals surface area contributed by atoms with Gasteiger partial charge in [-0.05, 0) is 24.8 Å². The molecule has 0 saturated carbocycles. The molecule has 3 N–H and O–H groups in total. The lowest BCUT2D eigenvalue weighted by Gasteiger charge is -2.12. The molecule has 146 valence electrons. The van der Waals surface area contributed by atoms with Crippen LogP contribution in [0.15, 0.2) is 30.3 Å². The van der Waals surface area contributed by atoms with Crippen LogP contribution in [-0.2, 0) is 20.9 Å². The fourth-order valence-electron chi connectivity index (χ4n) is 2.28. The number of ether oxygens (including phenoxy) is 1. The summed E-state index contributed by atoms with van der Waals surface area (Å²) in [6, 6.07) is 10.2. The third-order valence-electron chi connectivity index (χ3n) is 3.74. The van der Waals surface area contributed by atoms with Crippen LogP contribution in [0.3, 0.4) is 0 Å². The van der Waals surface area contributed by atoms with Crippen molar-refractivity contribution in [3.8, 4) is 6.07 Å². The summed E-state index contributed by atoms with van der Waals surface area (Å²) >= 11 is 0. The van der Waals surface area contributed by atoms with E-state index >= 15 is 0 Å². The lowest BCUT2D eigenvalue weighted by atomic mass is 10.1. The van der Waals surface area contributed by atoms with Gasteiger partial charge in [0.25, 0.3) is 0 Å². The van der Waals surface area contributed by atoms with E-state index in [-0.39, 0.29) is 31.8 Å². The maximum atomic E-state index is 11.7. The van der Waals surface area contributed by atoms with Gasteiger partial charge in [-0.1, -0.05) is 36.8 Å². The van der Waals surface area contributed by atoms with Gasteiger partial charge < -0.3 is 20.5 Å². The summed E-state index contributed by atoms with van der Waals surface area (Å²) < 4.78 is 5.08. The van der Waals surface area contributed by atoms with E-state index in [1.807, 2.05) is 36.4 Å². The molecule has 0 spiro atoms. The number of amides is 2. The first kappa shape index (κ1) is 22.0. The Labute approximate surface area is 158 Å². The van der Waals surface area contributed by atoms with Crippen LogP contribution in [0.4, 0.5) is 4.79 Å². The van der Waals surface area contributed by atoms with Crippen molar-refractivity contribution in [2.24, 2.45) is 0 Å². The van der Waals surface area contributed by atoms with Crippen molar-refractivity contribution in [2.75, 3.05) is 6.54 Å². The molecule has 8 heteroatoms. The van der Waals surface area contributed by atoms with Gasteiger partial charge in [0.2, 0.25) is 5.91 Å². The van der Waals surface area contributed by atoms with Gasteiger partial charge in [-0.2, -0.15) is 5.26 Å². The van der Waals surface area contributed by atoms with Crippen molar-refractivity contribution in [1.29, 1.82) is 5.26 Å². The standard InChI is InChI=1S/C19H25N3O5/c20-12-7-10-16(18(24)25)22-17(23)11-5-2-6-13-21-19(26)27-14-15-8-3-1-4-9-15/h1,3-4,8-9,16H,2,5-7,10-11,13-14H2,(H,21,26)(H,22,23)(H,24,25)/t16-/m0/s1. The quantitative estimate of drug-likeness (QED) is 0.481. The summed E-state index contributed by atoms with van der Waals surface area (Å²) in [7, 11) is 0. The Morgan fingerprint density at radius 2 is 1.89 bits per heavy atom. The maximum Gasteiger partial charge on any atom is 0.407 e. The number of nitriles is 1. The van der Waals surface area contributed by atoms with Crippen molar-refractivity contribution in [1.82, 2.24) is 10.6 Å². The van der Waals surface area contributed by atoms with Crippen LogP contribution in [-0.4, -0.2) is 35.7 Å². The maximum absolute atomic E-state index is 11.7. The van der Waals surface area contributed by atoms with Gasteiger partial charge in [-0.25, -0.2) is 9.59 Å². The molecule has 0 aliphatic rings. The van der Waals surface area contributed by atoms with Crippen LogP contribution in [0.5, 0.6) is 0 Å². The minimum absolute atomic E-state index is 0.0727. The number of rotatable bonds is 12. The van der Waals surface area contributed by atoms with E-state index in [9.17, 15) is 14.4 Å². The number of unbranched alkanes of at least 4 members (excludes halogenated alkanes) is 2. The van der Waals surface area contributed by atoms with E-state index in [0.29, 0.717) is 25.8 Å². The van der Waals surface area contributed by atoms with Crippen LogP contribution in [0, 0.1) is 11.3 Å². The molecule has 1 atom stereocenters. The van der Waals surface area contributed by atoms with E-state index in [1.165, 1.54) is 0 Å². The number of aliphatic carboxylic acids is 1. The highest BCUT2D eigenvalue weighted by atomic mass is 16.5. The fourth-order valence-corrected chi connectivity index (χ4v) is 2.28. The first-order valence-corrected chi connectivity index (χ1v) is 8.86. The Bertz CT molecular complexity index is 642. The highest BCUT2D eigenvalue weighted by Crippen LogP contribution is 2.03. The molecule has 0 aromatic heterocycles. The van der Waals surface area contributed by atoms with Crippen molar-refractivity contribution in [3.63, 3.8) is 0 Å². The second kappa shape index (κ2) is 13.2. The van der Waals surface area contributed by atoms with Gasteiger partial charge in [0.05, 0.1) is 6.07 Å². The minimum atomic E-state index is -1.14. The van der Waals surface area contributed by atoms with Gasteiger partial charge in [-0.15, -0.1) is 0 Å². The molecule has 1 aromatic rings. The molecule has 27 heavy (non-hydrogen) atoms. The van der Waals surface area contributed by atoms with Gasteiger partial charge in [0.15, 0.2) is 0 Å². The monoisotopic (exact) mass is 375 g/mol. The summed E-state index contributed by atoms with van der Waals surface area (Å²) in [5.41, 5.74) is 0.910. The highest BCUT2D eigenvalue weighted by molar-refractivity contribution is 5.83. The number of carbonyl (C=O) groups is 3. The normalized spacial score (nSPS) is 11.1. The molecule has 0 bridgehead atoms. The fraction of sp³-hybridized carbons (Fsp3) is 0.474. The highest BCUT2D eigenvalue weighted by Gasteiger charge is 2.18. The molecule has 0 radical (unpaired) electrons. The number of carboxylic acid groups (broad SMARTS) is 1. The molecule has 0 aliphatic heterocycles. The first-order valence-electron chi connectivity index (χ1n) is 8.86. The van der Waals surface area contributed by atoms with Crippen LogP contribution in [0.25, 0.3) is 0 Å².